The number of nitriles is 1. The van der Waals surface area contributed by atoms with Crippen molar-refractivity contribution in [3.8, 4) is 6.07 Å². The number of carbonyl (C=O) groups excluding carboxylic acids is 2. The van der Waals surface area contributed by atoms with Crippen LogP contribution in [0.15, 0.2) is 0 Å². The fourth-order valence-corrected chi connectivity index (χ4v) is 3.30. The first-order chi connectivity index (χ1) is 9.64. The molecule has 1 saturated heterocycles. The summed E-state index contributed by atoms with van der Waals surface area (Å²) in [6, 6.07) is 1.75. The van der Waals surface area contributed by atoms with Crippen molar-refractivity contribution in [1.29, 1.82) is 5.26 Å². The number of hydrogen-bond acceptors (Lipinski definition) is 4. The van der Waals surface area contributed by atoms with Crippen LogP contribution >= 0.6 is 0 Å². The van der Waals surface area contributed by atoms with Gasteiger partial charge >= 0.3 is 5.97 Å². The van der Waals surface area contributed by atoms with Gasteiger partial charge in [0.1, 0.15) is 11.5 Å². The quantitative estimate of drug-likeness (QED) is 0.740. The Labute approximate surface area is 119 Å². The SMILES string of the molecule is CCOC(=O)C1CCCN1C(=O)C1(C#N)CCCCC1. The first-order valence-electron chi connectivity index (χ1n) is 7.53. The Hall–Kier alpha value is -1.57. The second-order valence-corrected chi connectivity index (χ2v) is 5.66. The number of esters is 1. The molecule has 0 radical (unpaired) electrons. The molecule has 1 saturated carbocycles. The van der Waals surface area contributed by atoms with Gasteiger partial charge in [0.05, 0.1) is 12.7 Å². The molecule has 2 aliphatic rings. The Balaban J connectivity index is 2.14. The standard InChI is InChI=1S/C15H22N2O3/c1-2-20-13(18)12-7-6-10-17(12)14(19)15(11-16)8-4-3-5-9-15/h12H,2-10H2,1H3. The van der Waals surface area contributed by atoms with Crippen LogP contribution in [0.3, 0.4) is 0 Å². The number of hydrogen-bond donors (Lipinski definition) is 0. The van der Waals surface area contributed by atoms with Crippen molar-refractivity contribution >= 4 is 11.9 Å². The molecule has 5 nitrogen and oxygen atoms in total. The van der Waals surface area contributed by atoms with Crippen LogP contribution in [-0.2, 0) is 14.3 Å². The molecule has 0 spiro atoms. The van der Waals surface area contributed by atoms with Gasteiger partial charge in [-0.2, -0.15) is 5.26 Å². The van der Waals surface area contributed by atoms with E-state index < -0.39 is 11.5 Å². The number of ether oxygens (including phenoxy) is 1. The van der Waals surface area contributed by atoms with Crippen molar-refractivity contribution < 1.29 is 14.3 Å². The largest absolute Gasteiger partial charge is 0.464 e. The van der Waals surface area contributed by atoms with Crippen LogP contribution in [0, 0.1) is 16.7 Å². The summed E-state index contributed by atoms with van der Waals surface area (Å²) < 4.78 is 5.04. The summed E-state index contributed by atoms with van der Waals surface area (Å²) in [7, 11) is 0. The first kappa shape index (κ1) is 14.8. The predicted molar refractivity (Wildman–Crippen MR) is 72.5 cm³/mol. The molecule has 1 atom stereocenters. The zero-order valence-corrected chi connectivity index (χ0v) is 12.1. The Morgan fingerprint density at radius 2 is 2.00 bits per heavy atom. The molecule has 0 bridgehead atoms. The molecular weight excluding hydrogens is 256 g/mol. The number of likely N-dealkylation sites (tertiary alicyclic amines) is 1. The second kappa shape index (κ2) is 6.25. The minimum atomic E-state index is -0.909. The van der Waals surface area contributed by atoms with Crippen LogP contribution in [0.2, 0.25) is 0 Å². The van der Waals surface area contributed by atoms with Crippen LogP contribution < -0.4 is 0 Å². The molecule has 0 aromatic heterocycles. The molecule has 1 amide bonds. The van der Waals surface area contributed by atoms with E-state index in [0.29, 0.717) is 32.4 Å². The van der Waals surface area contributed by atoms with E-state index in [-0.39, 0.29) is 11.9 Å². The van der Waals surface area contributed by atoms with E-state index in [4.69, 9.17) is 4.74 Å². The van der Waals surface area contributed by atoms with E-state index in [0.717, 1.165) is 25.7 Å². The van der Waals surface area contributed by atoms with E-state index >= 15 is 0 Å². The van der Waals surface area contributed by atoms with E-state index in [2.05, 4.69) is 6.07 Å². The van der Waals surface area contributed by atoms with E-state index in [1.165, 1.54) is 0 Å². The molecule has 0 N–H and O–H groups in total. The van der Waals surface area contributed by atoms with Crippen LogP contribution in [0.5, 0.6) is 0 Å². The lowest BCUT2D eigenvalue weighted by atomic mass is 9.74. The van der Waals surface area contributed by atoms with Crippen molar-refractivity contribution in [1.82, 2.24) is 4.90 Å². The average Bonchev–Trinajstić information content (AvgIpc) is 2.97. The third-order valence-corrected chi connectivity index (χ3v) is 4.40. The molecule has 2 rings (SSSR count). The topological polar surface area (TPSA) is 70.4 Å². The van der Waals surface area contributed by atoms with Gasteiger partial charge in [-0.3, -0.25) is 4.79 Å². The second-order valence-electron chi connectivity index (χ2n) is 5.66. The van der Waals surface area contributed by atoms with Gasteiger partial charge in [-0.1, -0.05) is 19.3 Å². The third-order valence-electron chi connectivity index (χ3n) is 4.40. The number of carbonyl (C=O) groups is 2. The first-order valence-corrected chi connectivity index (χ1v) is 7.53. The molecule has 2 fully saturated rings. The summed E-state index contributed by atoms with van der Waals surface area (Å²) in [5.74, 6) is -0.488. The van der Waals surface area contributed by atoms with Crippen LogP contribution in [0.4, 0.5) is 0 Å². The summed E-state index contributed by atoms with van der Waals surface area (Å²) >= 11 is 0. The van der Waals surface area contributed by atoms with Crippen molar-refractivity contribution in [3.05, 3.63) is 0 Å². The molecule has 0 aromatic carbocycles. The van der Waals surface area contributed by atoms with Gasteiger partial charge in [0.15, 0.2) is 0 Å². The lowest BCUT2D eigenvalue weighted by Gasteiger charge is -2.35. The Morgan fingerprint density at radius 1 is 1.30 bits per heavy atom. The van der Waals surface area contributed by atoms with Crippen molar-refractivity contribution in [2.75, 3.05) is 13.2 Å². The fourth-order valence-electron chi connectivity index (χ4n) is 3.30. The number of nitrogens with zero attached hydrogens (tertiary/aromatic N) is 2. The van der Waals surface area contributed by atoms with E-state index in [9.17, 15) is 14.9 Å². The highest BCUT2D eigenvalue weighted by atomic mass is 16.5. The minimum absolute atomic E-state index is 0.157. The number of rotatable bonds is 3. The molecule has 5 heteroatoms. The summed E-state index contributed by atoms with van der Waals surface area (Å²) in [5.41, 5.74) is -0.909. The van der Waals surface area contributed by atoms with Crippen LogP contribution in [0.25, 0.3) is 0 Å². The number of amides is 1. The lowest BCUT2D eigenvalue weighted by molar-refractivity contribution is -0.156. The van der Waals surface area contributed by atoms with Crippen molar-refractivity contribution in [3.63, 3.8) is 0 Å². The van der Waals surface area contributed by atoms with Gasteiger partial charge < -0.3 is 9.64 Å². The molecule has 20 heavy (non-hydrogen) atoms. The lowest BCUT2D eigenvalue weighted by Crippen LogP contribution is -2.49. The zero-order chi connectivity index (χ0) is 14.6. The summed E-state index contributed by atoms with van der Waals surface area (Å²) in [5, 5.41) is 9.49. The van der Waals surface area contributed by atoms with Gasteiger partial charge in [-0.15, -0.1) is 0 Å². The van der Waals surface area contributed by atoms with Crippen molar-refractivity contribution in [2.24, 2.45) is 5.41 Å². The maximum atomic E-state index is 12.8. The molecule has 1 heterocycles. The third kappa shape index (κ3) is 2.65. The van der Waals surface area contributed by atoms with Crippen molar-refractivity contribution in [2.45, 2.75) is 57.9 Å². The minimum Gasteiger partial charge on any atom is -0.464 e. The average molecular weight is 278 g/mol. The smallest absolute Gasteiger partial charge is 0.328 e. The molecule has 1 aliphatic heterocycles. The molecule has 1 unspecified atom stereocenters. The highest BCUT2D eigenvalue weighted by molar-refractivity contribution is 5.90. The summed E-state index contributed by atoms with van der Waals surface area (Å²) in [6.45, 7) is 2.64. The fraction of sp³-hybridized carbons (Fsp3) is 0.800. The van der Waals surface area contributed by atoms with Gasteiger partial charge in [0.25, 0.3) is 0 Å². The van der Waals surface area contributed by atoms with Crippen LogP contribution in [-0.4, -0.2) is 36.0 Å². The monoisotopic (exact) mass is 278 g/mol. The van der Waals surface area contributed by atoms with Gasteiger partial charge in [-0.25, -0.2) is 4.79 Å². The molecular formula is C15H22N2O3. The Morgan fingerprint density at radius 3 is 2.60 bits per heavy atom. The van der Waals surface area contributed by atoms with Gasteiger partial charge in [-0.05, 0) is 32.6 Å². The summed E-state index contributed by atoms with van der Waals surface area (Å²) in [4.78, 5) is 26.3. The highest BCUT2D eigenvalue weighted by Crippen LogP contribution is 2.39. The maximum Gasteiger partial charge on any atom is 0.328 e. The van der Waals surface area contributed by atoms with E-state index in [1.54, 1.807) is 11.8 Å². The highest BCUT2D eigenvalue weighted by Gasteiger charge is 2.47. The predicted octanol–water partition coefficient (Wildman–Crippen LogP) is 2.01. The van der Waals surface area contributed by atoms with Crippen LogP contribution in [0.1, 0.15) is 51.9 Å². The zero-order valence-electron chi connectivity index (χ0n) is 12.1. The van der Waals surface area contributed by atoms with E-state index in [1.807, 2.05) is 0 Å². The summed E-state index contributed by atoms with van der Waals surface area (Å²) in [6.07, 6.45) is 5.60. The Bertz CT molecular complexity index is 421. The Kier molecular flexibility index (Phi) is 4.64. The van der Waals surface area contributed by atoms with Gasteiger partial charge in [0.2, 0.25) is 5.91 Å². The van der Waals surface area contributed by atoms with Gasteiger partial charge in [0, 0.05) is 6.54 Å². The molecule has 110 valence electrons. The molecule has 1 aliphatic carbocycles. The normalized spacial score (nSPS) is 25.0. The molecule has 0 aromatic rings. The maximum absolute atomic E-state index is 12.8.